The molecule has 3 nitrogen and oxygen atoms in total. The second-order valence-electron chi connectivity index (χ2n) is 3.56. The summed E-state index contributed by atoms with van der Waals surface area (Å²) < 4.78 is 5.25. The topological polar surface area (TPSA) is 33.6 Å². The maximum Gasteiger partial charge on any atom is 0.161 e. The minimum Gasteiger partial charge on any atom is -0.495 e. The molecule has 0 aliphatic carbocycles. The van der Waals surface area contributed by atoms with Crippen LogP contribution in [-0.4, -0.2) is 24.1 Å². The molecule has 1 aromatic carbocycles. The fourth-order valence-electron chi connectivity index (χ4n) is 1.44. The number of hydrogen-bond acceptors (Lipinski definition) is 4. The molecule has 0 saturated carbocycles. The molecule has 0 aromatic heterocycles. The molecule has 1 aliphatic heterocycles. The molecule has 0 spiro atoms. The number of methoxy groups -OCH3 is 1. The molecule has 1 aliphatic rings. The Morgan fingerprint density at radius 2 is 2.38 bits per heavy atom. The molecule has 5 heteroatoms. The van der Waals surface area contributed by atoms with Gasteiger partial charge in [0.1, 0.15) is 5.75 Å². The third-order valence-electron chi connectivity index (χ3n) is 2.20. The number of hydrogen-bond donors (Lipinski definition) is 1. The van der Waals surface area contributed by atoms with Gasteiger partial charge in [-0.1, -0.05) is 23.4 Å². The van der Waals surface area contributed by atoms with Gasteiger partial charge in [-0.2, -0.15) is 0 Å². The highest BCUT2D eigenvalue weighted by Gasteiger charge is 2.15. The smallest absolute Gasteiger partial charge is 0.161 e. The highest BCUT2D eigenvalue weighted by molar-refractivity contribution is 8.14. The summed E-state index contributed by atoms with van der Waals surface area (Å²) in [6.45, 7) is 2.09. The number of nitrogens with one attached hydrogen (secondary N) is 1. The lowest BCUT2D eigenvalue weighted by Crippen LogP contribution is -2.06. The first-order valence-electron chi connectivity index (χ1n) is 5.00. The molecule has 1 heterocycles. The number of halogens is 1. The van der Waals surface area contributed by atoms with Gasteiger partial charge in [0.05, 0.1) is 18.8 Å². The second-order valence-corrected chi connectivity index (χ2v) is 5.01. The van der Waals surface area contributed by atoms with Crippen LogP contribution in [0.1, 0.15) is 6.92 Å². The number of anilines is 1. The number of thioether (sulfide) groups is 1. The summed E-state index contributed by atoms with van der Waals surface area (Å²) in [5, 5.41) is 4.84. The number of ether oxygens (including phenoxy) is 1. The lowest BCUT2D eigenvalue weighted by molar-refractivity contribution is 0.417. The summed E-state index contributed by atoms with van der Waals surface area (Å²) in [6.07, 6.45) is 0. The third-order valence-corrected chi connectivity index (χ3v) is 3.57. The fourth-order valence-corrected chi connectivity index (χ4v) is 2.52. The Morgan fingerprint density at radius 3 is 3.00 bits per heavy atom. The monoisotopic (exact) mass is 256 g/mol. The zero-order valence-corrected chi connectivity index (χ0v) is 10.7. The van der Waals surface area contributed by atoms with Crippen molar-refractivity contribution in [3.63, 3.8) is 0 Å². The Bertz CT molecular complexity index is 422. The lowest BCUT2D eigenvalue weighted by atomic mass is 10.3. The van der Waals surface area contributed by atoms with Crippen LogP contribution in [0.4, 0.5) is 5.69 Å². The minimum absolute atomic E-state index is 0.373. The number of rotatable bonds is 2. The molecule has 0 amide bonds. The van der Waals surface area contributed by atoms with Crippen molar-refractivity contribution in [2.75, 3.05) is 18.2 Å². The van der Waals surface area contributed by atoms with Crippen molar-refractivity contribution in [1.82, 2.24) is 0 Å². The van der Waals surface area contributed by atoms with Crippen LogP contribution in [0.5, 0.6) is 5.75 Å². The third kappa shape index (κ3) is 2.62. The van der Waals surface area contributed by atoms with Gasteiger partial charge in [0.15, 0.2) is 5.17 Å². The van der Waals surface area contributed by atoms with Crippen molar-refractivity contribution in [3.05, 3.63) is 23.2 Å². The maximum atomic E-state index is 5.95. The van der Waals surface area contributed by atoms with E-state index in [1.54, 1.807) is 24.9 Å². The van der Waals surface area contributed by atoms with Gasteiger partial charge >= 0.3 is 0 Å². The first-order chi connectivity index (χ1) is 7.69. The van der Waals surface area contributed by atoms with Gasteiger partial charge in [-0.15, -0.1) is 0 Å². The molecule has 86 valence electrons. The second kappa shape index (κ2) is 4.97. The molecule has 1 atom stereocenters. The number of benzene rings is 1. The predicted molar refractivity (Wildman–Crippen MR) is 71.0 cm³/mol. The van der Waals surface area contributed by atoms with Crippen LogP contribution >= 0.6 is 23.4 Å². The van der Waals surface area contributed by atoms with Crippen LogP contribution in [-0.2, 0) is 0 Å². The van der Waals surface area contributed by atoms with Gasteiger partial charge in [-0.05, 0) is 25.1 Å². The molecule has 0 saturated heterocycles. The minimum atomic E-state index is 0.373. The Kier molecular flexibility index (Phi) is 3.61. The Hall–Kier alpha value is -0.870. The SMILES string of the molecule is COc1ccc(Cl)cc1NC1=NC(C)CS1. The number of aliphatic imine (C=N–C) groups is 1. The predicted octanol–water partition coefficient (Wildman–Crippen LogP) is 3.25. The Labute approximate surface area is 104 Å². The summed E-state index contributed by atoms with van der Waals surface area (Å²) >= 11 is 7.66. The fraction of sp³-hybridized carbons (Fsp3) is 0.364. The highest BCUT2D eigenvalue weighted by atomic mass is 35.5. The van der Waals surface area contributed by atoms with E-state index in [9.17, 15) is 0 Å². The first kappa shape index (κ1) is 11.6. The van der Waals surface area contributed by atoms with Crippen LogP contribution < -0.4 is 10.1 Å². The van der Waals surface area contributed by atoms with E-state index in [0.717, 1.165) is 22.4 Å². The van der Waals surface area contributed by atoms with E-state index in [-0.39, 0.29) is 0 Å². The maximum absolute atomic E-state index is 5.95. The Morgan fingerprint density at radius 1 is 1.56 bits per heavy atom. The van der Waals surface area contributed by atoms with Gasteiger partial charge < -0.3 is 10.1 Å². The van der Waals surface area contributed by atoms with E-state index in [0.29, 0.717) is 11.1 Å². The number of amidine groups is 1. The van der Waals surface area contributed by atoms with Crippen molar-refractivity contribution >= 4 is 34.2 Å². The van der Waals surface area contributed by atoms with E-state index < -0.39 is 0 Å². The van der Waals surface area contributed by atoms with Crippen LogP contribution in [0, 0.1) is 0 Å². The van der Waals surface area contributed by atoms with E-state index in [2.05, 4.69) is 17.2 Å². The lowest BCUT2D eigenvalue weighted by Gasteiger charge is -2.10. The molecule has 0 bridgehead atoms. The van der Waals surface area contributed by atoms with Gasteiger partial charge in [-0.3, -0.25) is 4.99 Å². The van der Waals surface area contributed by atoms with Gasteiger partial charge in [0, 0.05) is 10.8 Å². The summed E-state index contributed by atoms with van der Waals surface area (Å²) in [5.41, 5.74) is 0.857. The quantitative estimate of drug-likeness (QED) is 0.882. The largest absolute Gasteiger partial charge is 0.495 e. The van der Waals surface area contributed by atoms with Crippen LogP contribution in [0.3, 0.4) is 0 Å². The normalized spacial score (nSPS) is 19.4. The van der Waals surface area contributed by atoms with Crippen LogP contribution in [0.25, 0.3) is 0 Å². The summed E-state index contributed by atoms with van der Waals surface area (Å²) in [7, 11) is 1.64. The zero-order valence-electron chi connectivity index (χ0n) is 9.16. The van der Waals surface area contributed by atoms with Gasteiger partial charge in [-0.25, -0.2) is 0 Å². The standard InChI is InChI=1S/C11H13ClN2OS/c1-7-6-16-11(13-7)14-9-5-8(12)3-4-10(9)15-2/h3-5,7H,6H2,1-2H3,(H,13,14). The highest BCUT2D eigenvalue weighted by Crippen LogP contribution is 2.29. The molecule has 1 N–H and O–H groups in total. The molecule has 2 rings (SSSR count). The van der Waals surface area contributed by atoms with Gasteiger partial charge in [0.2, 0.25) is 0 Å². The summed E-state index contributed by atoms with van der Waals surface area (Å²) in [4.78, 5) is 4.46. The summed E-state index contributed by atoms with van der Waals surface area (Å²) in [5.74, 6) is 1.79. The average molecular weight is 257 g/mol. The van der Waals surface area contributed by atoms with Crippen molar-refractivity contribution in [1.29, 1.82) is 0 Å². The van der Waals surface area contributed by atoms with Crippen molar-refractivity contribution in [3.8, 4) is 5.75 Å². The van der Waals surface area contributed by atoms with Crippen LogP contribution in [0.2, 0.25) is 5.02 Å². The van der Waals surface area contributed by atoms with E-state index in [1.165, 1.54) is 0 Å². The molecular formula is C11H13ClN2OS. The molecular weight excluding hydrogens is 244 g/mol. The number of nitrogens with zero attached hydrogens (tertiary/aromatic N) is 1. The first-order valence-corrected chi connectivity index (χ1v) is 6.36. The molecule has 1 aromatic rings. The summed E-state index contributed by atoms with van der Waals surface area (Å²) in [6, 6.07) is 5.86. The van der Waals surface area contributed by atoms with Crippen molar-refractivity contribution in [2.45, 2.75) is 13.0 Å². The zero-order chi connectivity index (χ0) is 11.5. The van der Waals surface area contributed by atoms with Gasteiger partial charge in [0.25, 0.3) is 0 Å². The van der Waals surface area contributed by atoms with Crippen LogP contribution in [0.15, 0.2) is 23.2 Å². The Balaban J connectivity index is 2.20. The van der Waals surface area contributed by atoms with E-state index in [1.807, 2.05) is 12.1 Å². The molecule has 1 unspecified atom stereocenters. The average Bonchev–Trinajstić information content (AvgIpc) is 2.64. The van der Waals surface area contributed by atoms with E-state index in [4.69, 9.17) is 16.3 Å². The molecule has 16 heavy (non-hydrogen) atoms. The van der Waals surface area contributed by atoms with Crippen molar-refractivity contribution < 1.29 is 4.74 Å². The molecule has 0 radical (unpaired) electrons. The van der Waals surface area contributed by atoms with Crippen molar-refractivity contribution in [2.24, 2.45) is 4.99 Å². The molecule has 0 fully saturated rings. The van der Waals surface area contributed by atoms with E-state index >= 15 is 0 Å².